The Kier molecular flexibility index (Phi) is 4.80. The molecule has 2 aromatic heterocycles. The smallest absolute Gasteiger partial charge is 0.256 e. The summed E-state index contributed by atoms with van der Waals surface area (Å²) in [6.45, 7) is 2.64. The molecule has 2 aromatic carbocycles. The Bertz CT molecular complexity index is 1050. The number of nitrogens with one attached hydrogen (secondary N) is 1. The second kappa shape index (κ2) is 7.55. The molecule has 0 fully saturated rings. The number of aromatic nitrogens is 3. The van der Waals surface area contributed by atoms with Crippen molar-refractivity contribution in [2.24, 2.45) is 0 Å². The Labute approximate surface area is 161 Å². The van der Waals surface area contributed by atoms with Crippen molar-refractivity contribution < 1.29 is 4.79 Å². The van der Waals surface area contributed by atoms with Crippen LogP contribution in [0.1, 0.15) is 21.6 Å². The summed E-state index contributed by atoms with van der Waals surface area (Å²) in [5.41, 5.74) is 3.76. The molecule has 5 nitrogen and oxygen atoms in total. The van der Waals surface area contributed by atoms with Crippen LogP contribution in [0.15, 0.2) is 72.2 Å². The highest BCUT2D eigenvalue weighted by molar-refractivity contribution is 7.13. The van der Waals surface area contributed by atoms with Crippen LogP contribution in [0.2, 0.25) is 0 Å². The van der Waals surface area contributed by atoms with E-state index < -0.39 is 0 Å². The first-order valence-electron chi connectivity index (χ1n) is 8.59. The molecular formula is C21H18N4OS. The number of thiazole rings is 1. The number of benzene rings is 2. The van der Waals surface area contributed by atoms with Gasteiger partial charge in [0, 0.05) is 34.5 Å². The molecule has 0 bridgehead atoms. The van der Waals surface area contributed by atoms with E-state index in [0.29, 0.717) is 17.9 Å². The lowest BCUT2D eigenvalue weighted by Crippen LogP contribution is -2.12. The topological polar surface area (TPSA) is 59.8 Å². The average Bonchev–Trinajstić information content (AvgIpc) is 3.31. The summed E-state index contributed by atoms with van der Waals surface area (Å²) in [7, 11) is 0. The number of nitrogens with zero attached hydrogens (tertiary/aromatic N) is 3. The molecule has 0 aliphatic heterocycles. The van der Waals surface area contributed by atoms with Crippen LogP contribution in [0.3, 0.4) is 0 Å². The Balaban J connectivity index is 1.42. The van der Waals surface area contributed by atoms with E-state index in [1.54, 1.807) is 22.1 Å². The maximum atomic E-state index is 12.5. The van der Waals surface area contributed by atoms with E-state index in [0.717, 1.165) is 21.8 Å². The highest BCUT2D eigenvalue weighted by Gasteiger charge is 2.09. The minimum absolute atomic E-state index is 0.179. The number of rotatable bonds is 5. The van der Waals surface area contributed by atoms with Gasteiger partial charge in [0.25, 0.3) is 5.91 Å². The SMILES string of the molecule is Cc1csc(-c2ccc(C(=O)Nc3ccn(Cc4ccccc4)n3)cc2)n1. The van der Waals surface area contributed by atoms with Gasteiger partial charge in [0.15, 0.2) is 5.82 Å². The average molecular weight is 374 g/mol. The van der Waals surface area contributed by atoms with E-state index in [4.69, 9.17) is 0 Å². The van der Waals surface area contributed by atoms with Crippen LogP contribution in [-0.4, -0.2) is 20.7 Å². The third-order valence-corrected chi connectivity index (χ3v) is 5.09. The van der Waals surface area contributed by atoms with Crippen molar-refractivity contribution >= 4 is 23.1 Å². The summed E-state index contributed by atoms with van der Waals surface area (Å²) in [5, 5.41) is 10.2. The fourth-order valence-electron chi connectivity index (χ4n) is 2.73. The molecule has 0 saturated heterocycles. The monoisotopic (exact) mass is 374 g/mol. The molecule has 6 heteroatoms. The van der Waals surface area contributed by atoms with Gasteiger partial charge in [-0.1, -0.05) is 42.5 Å². The molecular weight excluding hydrogens is 356 g/mol. The molecule has 1 amide bonds. The van der Waals surface area contributed by atoms with Gasteiger partial charge in [0.1, 0.15) is 5.01 Å². The van der Waals surface area contributed by atoms with Crippen LogP contribution < -0.4 is 5.32 Å². The first kappa shape index (κ1) is 17.2. The molecule has 4 rings (SSSR count). The number of anilines is 1. The molecule has 1 N–H and O–H groups in total. The highest BCUT2D eigenvalue weighted by atomic mass is 32.1. The molecule has 0 aliphatic carbocycles. The van der Waals surface area contributed by atoms with Crippen LogP contribution in [0.25, 0.3) is 10.6 Å². The van der Waals surface area contributed by atoms with Gasteiger partial charge in [-0.25, -0.2) is 4.98 Å². The zero-order chi connectivity index (χ0) is 18.6. The molecule has 0 atom stereocenters. The normalized spacial score (nSPS) is 10.7. The van der Waals surface area contributed by atoms with E-state index in [1.165, 1.54) is 0 Å². The zero-order valence-corrected chi connectivity index (χ0v) is 15.6. The fraction of sp³-hybridized carbons (Fsp3) is 0.0952. The van der Waals surface area contributed by atoms with Gasteiger partial charge >= 0.3 is 0 Å². The maximum absolute atomic E-state index is 12.5. The first-order valence-corrected chi connectivity index (χ1v) is 9.47. The van der Waals surface area contributed by atoms with Gasteiger partial charge in [-0.2, -0.15) is 5.10 Å². The number of aryl methyl sites for hydroxylation is 1. The fourth-order valence-corrected chi connectivity index (χ4v) is 3.53. The summed E-state index contributed by atoms with van der Waals surface area (Å²) in [4.78, 5) is 16.9. The Morgan fingerprint density at radius 3 is 2.56 bits per heavy atom. The van der Waals surface area contributed by atoms with E-state index in [-0.39, 0.29) is 5.91 Å². The lowest BCUT2D eigenvalue weighted by atomic mass is 10.1. The predicted octanol–water partition coefficient (Wildman–Crippen LogP) is 4.62. The molecule has 0 aliphatic rings. The van der Waals surface area contributed by atoms with Gasteiger partial charge in [0.2, 0.25) is 0 Å². The standard InChI is InChI=1S/C21H18N4OS/c1-15-14-27-21(22-15)18-9-7-17(8-10-18)20(26)23-19-11-12-25(24-19)13-16-5-3-2-4-6-16/h2-12,14H,13H2,1H3,(H,23,24,26). The third kappa shape index (κ3) is 4.12. The van der Waals surface area contributed by atoms with Crippen molar-refractivity contribution in [1.29, 1.82) is 0 Å². The third-order valence-electron chi connectivity index (χ3n) is 4.08. The van der Waals surface area contributed by atoms with Crippen molar-refractivity contribution in [3.05, 3.63) is 89.1 Å². The maximum Gasteiger partial charge on any atom is 0.256 e. The van der Waals surface area contributed by atoms with E-state index in [9.17, 15) is 4.79 Å². The first-order chi connectivity index (χ1) is 13.2. The Hall–Kier alpha value is -3.25. The summed E-state index contributed by atoms with van der Waals surface area (Å²) in [6, 6.07) is 19.3. The number of hydrogen-bond donors (Lipinski definition) is 1. The Morgan fingerprint density at radius 1 is 1.07 bits per heavy atom. The molecule has 0 saturated carbocycles. The number of amides is 1. The number of carbonyl (C=O) groups excluding carboxylic acids is 1. The summed E-state index contributed by atoms with van der Waals surface area (Å²) >= 11 is 1.60. The van der Waals surface area contributed by atoms with Crippen molar-refractivity contribution in [2.45, 2.75) is 13.5 Å². The van der Waals surface area contributed by atoms with Crippen molar-refractivity contribution in [1.82, 2.24) is 14.8 Å². The zero-order valence-electron chi connectivity index (χ0n) is 14.8. The van der Waals surface area contributed by atoms with Crippen LogP contribution >= 0.6 is 11.3 Å². The van der Waals surface area contributed by atoms with Crippen molar-refractivity contribution in [3.8, 4) is 10.6 Å². The molecule has 4 aromatic rings. The lowest BCUT2D eigenvalue weighted by molar-refractivity contribution is 0.102. The van der Waals surface area contributed by atoms with Crippen LogP contribution in [0, 0.1) is 6.92 Å². The Morgan fingerprint density at radius 2 is 1.85 bits per heavy atom. The molecule has 2 heterocycles. The second-order valence-corrected chi connectivity index (χ2v) is 7.07. The van der Waals surface area contributed by atoms with Crippen molar-refractivity contribution in [2.75, 3.05) is 5.32 Å². The van der Waals surface area contributed by atoms with E-state index >= 15 is 0 Å². The van der Waals surface area contributed by atoms with Gasteiger partial charge in [0.05, 0.1) is 6.54 Å². The molecule has 0 radical (unpaired) electrons. The molecule has 27 heavy (non-hydrogen) atoms. The van der Waals surface area contributed by atoms with Crippen LogP contribution in [0.4, 0.5) is 5.82 Å². The van der Waals surface area contributed by atoms with E-state index in [2.05, 4.69) is 15.4 Å². The van der Waals surface area contributed by atoms with Crippen LogP contribution in [-0.2, 0) is 6.54 Å². The predicted molar refractivity (Wildman–Crippen MR) is 108 cm³/mol. The summed E-state index contributed by atoms with van der Waals surface area (Å²) in [6.07, 6.45) is 1.86. The van der Waals surface area contributed by atoms with Gasteiger partial charge in [-0.15, -0.1) is 11.3 Å². The summed E-state index contributed by atoms with van der Waals surface area (Å²) in [5.74, 6) is 0.359. The van der Waals surface area contributed by atoms with Crippen LogP contribution in [0.5, 0.6) is 0 Å². The van der Waals surface area contributed by atoms with E-state index in [1.807, 2.05) is 73.1 Å². The minimum atomic E-state index is -0.179. The minimum Gasteiger partial charge on any atom is -0.305 e. The molecule has 134 valence electrons. The highest BCUT2D eigenvalue weighted by Crippen LogP contribution is 2.23. The van der Waals surface area contributed by atoms with Crippen molar-refractivity contribution in [3.63, 3.8) is 0 Å². The molecule has 0 unspecified atom stereocenters. The van der Waals surface area contributed by atoms with Gasteiger partial charge in [-0.05, 0) is 24.6 Å². The number of carbonyl (C=O) groups is 1. The summed E-state index contributed by atoms with van der Waals surface area (Å²) < 4.78 is 1.80. The van der Waals surface area contributed by atoms with Gasteiger partial charge < -0.3 is 5.32 Å². The quantitative estimate of drug-likeness (QED) is 0.555. The lowest BCUT2D eigenvalue weighted by Gasteiger charge is -2.04. The largest absolute Gasteiger partial charge is 0.305 e. The number of hydrogen-bond acceptors (Lipinski definition) is 4. The van der Waals surface area contributed by atoms with Gasteiger partial charge in [-0.3, -0.25) is 9.48 Å². The molecule has 0 spiro atoms. The second-order valence-electron chi connectivity index (χ2n) is 6.21.